The standard InChI is InChI=1S/C13H17NO3/c1-16-7-5-14-13(15)9-10-2-3-12-11(8-10)4-6-17-12/h2-3,8H,4-7,9H2,1H3,(H,14,15). The molecule has 1 aliphatic heterocycles. The summed E-state index contributed by atoms with van der Waals surface area (Å²) in [6.07, 6.45) is 1.35. The topological polar surface area (TPSA) is 47.6 Å². The minimum atomic E-state index is 0.0286. The van der Waals surface area contributed by atoms with Crippen LogP contribution in [-0.2, 0) is 22.4 Å². The van der Waals surface area contributed by atoms with Crippen LogP contribution in [0, 0.1) is 0 Å². The smallest absolute Gasteiger partial charge is 0.224 e. The van der Waals surface area contributed by atoms with Gasteiger partial charge in [0.25, 0.3) is 0 Å². The van der Waals surface area contributed by atoms with Crippen molar-refractivity contribution in [2.45, 2.75) is 12.8 Å². The fourth-order valence-corrected chi connectivity index (χ4v) is 1.89. The van der Waals surface area contributed by atoms with E-state index < -0.39 is 0 Å². The lowest BCUT2D eigenvalue weighted by Crippen LogP contribution is -2.28. The molecule has 4 heteroatoms. The Morgan fingerprint density at radius 1 is 1.53 bits per heavy atom. The van der Waals surface area contributed by atoms with Crippen molar-refractivity contribution in [3.63, 3.8) is 0 Å². The van der Waals surface area contributed by atoms with E-state index in [1.807, 2.05) is 12.1 Å². The number of nitrogens with one attached hydrogen (secondary N) is 1. The van der Waals surface area contributed by atoms with Gasteiger partial charge in [-0.3, -0.25) is 4.79 Å². The largest absolute Gasteiger partial charge is 0.493 e. The van der Waals surface area contributed by atoms with Gasteiger partial charge in [0.05, 0.1) is 19.6 Å². The van der Waals surface area contributed by atoms with Crippen molar-refractivity contribution in [3.8, 4) is 5.75 Å². The Bertz CT molecular complexity index is 404. The third-order valence-corrected chi connectivity index (χ3v) is 2.75. The van der Waals surface area contributed by atoms with Crippen LogP contribution in [0.15, 0.2) is 18.2 Å². The number of benzene rings is 1. The summed E-state index contributed by atoms with van der Waals surface area (Å²) < 4.78 is 10.3. The van der Waals surface area contributed by atoms with E-state index in [0.717, 1.165) is 24.3 Å². The second-order valence-electron chi connectivity index (χ2n) is 4.06. The Labute approximate surface area is 101 Å². The molecule has 0 saturated carbocycles. The summed E-state index contributed by atoms with van der Waals surface area (Å²) in [7, 11) is 1.62. The molecule has 0 fully saturated rings. The Kier molecular flexibility index (Phi) is 3.98. The first-order valence-electron chi connectivity index (χ1n) is 5.80. The third-order valence-electron chi connectivity index (χ3n) is 2.75. The minimum absolute atomic E-state index is 0.0286. The second kappa shape index (κ2) is 5.68. The maximum Gasteiger partial charge on any atom is 0.224 e. The van der Waals surface area contributed by atoms with Gasteiger partial charge in [-0.2, -0.15) is 0 Å². The molecular formula is C13H17NO3. The highest BCUT2D eigenvalue weighted by atomic mass is 16.5. The Hall–Kier alpha value is -1.55. The zero-order valence-electron chi connectivity index (χ0n) is 9.99. The second-order valence-corrected chi connectivity index (χ2v) is 4.06. The number of hydrogen-bond acceptors (Lipinski definition) is 3. The average Bonchev–Trinajstić information content (AvgIpc) is 2.76. The molecule has 1 amide bonds. The molecule has 4 nitrogen and oxygen atoms in total. The van der Waals surface area contributed by atoms with Crippen LogP contribution in [0.2, 0.25) is 0 Å². The predicted octanol–water partition coefficient (Wildman–Crippen LogP) is 0.927. The summed E-state index contributed by atoms with van der Waals surface area (Å²) in [5.41, 5.74) is 2.23. The number of carbonyl (C=O) groups excluding carboxylic acids is 1. The number of carbonyl (C=O) groups is 1. The number of fused-ring (bicyclic) bond motifs is 1. The fraction of sp³-hybridized carbons (Fsp3) is 0.462. The Morgan fingerprint density at radius 3 is 3.24 bits per heavy atom. The molecule has 0 spiro atoms. The van der Waals surface area contributed by atoms with E-state index in [2.05, 4.69) is 11.4 Å². The monoisotopic (exact) mass is 235 g/mol. The minimum Gasteiger partial charge on any atom is -0.493 e. The number of rotatable bonds is 5. The lowest BCUT2D eigenvalue weighted by molar-refractivity contribution is -0.120. The summed E-state index contributed by atoms with van der Waals surface area (Å²) in [5.74, 6) is 0.981. The molecule has 1 aromatic rings. The number of amides is 1. The SMILES string of the molecule is COCCNC(=O)Cc1ccc2c(c1)CCO2. The number of hydrogen-bond donors (Lipinski definition) is 1. The zero-order valence-corrected chi connectivity index (χ0v) is 9.99. The number of ether oxygens (including phenoxy) is 2. The van der Waals surface area contributed by atoms with Crippen molar-refractivity contribution in [3.05, 3.63) is 29.3 Å². The molecule has 0 aromatic heterocycles. The van der Waals surface area contributed by atoms with E-state index in [0.29, 0.717) is 19.6 Å². The van der Waals surface area contributed by atoms with E-state index in [1.54, 1.807) is 7.11 Å². The van der Waals surface area contributed by atoms with Crippen molar-refractivity contribution >= 4 is 5.91 Å². The number of methoxy groups -OCH3 is 1. The van der Waals surface area contributed by atoms with Gasteiger partial charge in [-0.25, -0.2) is 0 Å². The maximum absolute atomic E-state index is 11.6. The molecular weight excluding hydrogens is 218 g/mol. The molecule has 1 heterocycles. The van der Waals surface area contributed by atoms with Crippen molar-refractivity contribution in [1.82, 2.24) is 5.32 Å². The molecule has 1 aliphatic rings. The Morgan fingerprint density at radius 2 is 2.41 bits per heavy atom. The van der Waals surface area contributed by atoms with Gasteiger partial charge in [-0.05, 0) is 17.2 Å². The van der Waals surface area contributed by atoms with Crippen LogP contribution in [0.3, 0.4) is 0 Å². The molecule has 0 atom stereocenters. The highest BCUT2D eigenvalue weighted by molar-refractivity contribution is 5.78. The highest BCUT2D eigenvalue weighted by Gasteiger charge is 2.13. The molecule has 0 bridgehead atoms. The van der Waals surface area contributed by atoms with Crippen LogP contribution >= 0.6 is 0 Å². The van der Waals surface area contributed by atoms with Gasteiger partial charge in [0.1, 0.15) is 5.75 Å². The molecule has 1 N–H and O–H groups in total. The Balaban J connectivity index is 1.88. The van der Waals surface area contributed by atoms with Crippen molar-refractivity contribution in [2.75, 3.05) is 26.9 Å². The van der Waals surface area contributed by atoms with Crippen LogP contribution in [0.25, 0.3) is 0 Å². The van der Waals surface area contributed by atoms with E-state index in [9.17, 15) is 4.79 Å². The van der Waals surface area contributed by atoms with Gasteiger partial charge in [-0.1, -0.05) is 12.1 Å². The van der Waals surface area contributed by atoms with Crippen LogP contribution in [-0.4, -0.2) is 32.8 Å². The fourth-order valence-electron chi connectivity index (χ4n) is 1.89. The zero-order chi connectivity index (χ0) is 12.1. The van der Waals surface area contributed by atoms with Crippen LogP contribution < -0.4 is 10.1 Å². The van der Waals surface area contributed by atoms with Crippen molar-refractivity contribution < 1.29 is 14.3 Å². The van der Waals surface area contributed by atoms with E-state index in [1.165, 1.54) is 5.56 Å². The van der Waals surface area contributed by atoms with Gasteiger partial charge in [-0.15, -0.1) is 0 Å². The normalized spacial score (nSPS) is 13.0. The lowest BCUT2D eigenvalue weighted by atomic mass is 10.1. The van der Waals surface area contributed by atoms with Crippen LogP contribution in [0.1, 0.15) is 11.1 Å². The molecule has 92 valence electrons. The van der Waals surface area contributed by atoms with Gasteiger partial charge in [0, 0.05) is 20.1 Å². The van der Waals surface area contributed by atoms with Gasteiger partial charge >= 0.3 is 0 Å². The first kappa shape index (κ1) is 11.9. The van der Waals surface area contributed by atoms with Gasteiger partial charge < -0.3 is 14.8 Å². The quantitative estimate of drug-likeness (QED) is 0.772. The van der Waals surface area contributed by atoms with Gasteiger partial charge in [0.2, 0.25) is 5.91 Å². The highest BCUT2D eigenvalue weighted by Crippen LogP contribution is 2.25. The summed E-state index contributed by atoms with van der Waals surface area (Å²) in [6.45, 7) is 1.85. The van der Waals surface area contributed by atoms with E-state index >= 15 is 0 Å². The van der Waals surface area contributed by atoms with Crippen molar-refractivity contribution in [1.29, 1.82) is 0 Å². The van der Waals surface area contributed by atoms with Crippen LogP contribution in [0.4, 0.5) is 0 Å². The third kappa shape index (κ3) is 3.20. The lowest BCUT2D eigenvalue weighted by Gasteiger charge is -2.06. The molecule has 1 aromatic carbocycles. The molecule has 0 aliphatic carbocycles. The summed E-state index contributed by atoms with van der Waals surface area (Å²) in [5, 5.41) is 2.80. The summed E-state index contributed by atoms with van der Waals surface area (Å²) >= 11 is 0. The average molecular weight is 235 g/mol. The molecule has 2 rings (SSSR count). The van der Waals surface area contributed by atoms with Crippen molar-refractivity contribution in [2.24, 2.45) is 0 Å². The molecule has 17 heavy (non-hydrogen) atoms. The summed E-state index contributed by atoms with van der Waals surface area (Å²) in [4.78, 5) is 11.6. The van der Waals surface area contributed by atoms with Crippen LogP contribution in [0.5, 0.6) is 5.75 Å². The molecule has 0 radical (unpaired) electrons. The predicted molar refractivity (Wildman–Crippen MR) is 64.2 cm³/mol. The summed E-state index contributed by atoms with van der Waals surface area (Å²) in [6, 6.07) is 5.94. The van der Waals surface area contributed by atoms with Gasteiger partial charge in [0.15, 0.2) is 0 Å². The maximum atomic E-state index is 11.6. The first-order chi connectivity index (χ1) is 8.29. The molecule has 0 saturated heterocycles. The molecule has 0 unspecified atom stereocenters. The van der Waals surface area contributed by atoms with E-state index in [4.69, 9.17) is 9.47 Å². The first-order valence-corrected chi connectivity index (χ1v) is 5.80. The van der Waals surface area contributed by atoms with E-state index in [-0.39, 0.29) is 5.91 Å².